The van der Waals surface area contributed by atoms with E-state index in [1.165, 1.54) is 0 Å². The van der Waals surface area contributed by atoms with Crippen LogP contribution < -0.4 is 5.32 Å². The molecule has 9 nitrogen and oxygen atoms in total. The number of aliphatic carboxylic acids is 1. The highest BCUT2D eigenvalue weighted by molar-refractivity contribution is 6.39. The number of carboxylic acids is 1. The fraction of sp³-hybridized carbons (Fsp3) is 0.300. The number of carboxylic acid groups (broad SMARTS) is 1. The molecule has 0 amide bonds. The van der Waals surface area contributed by atoms with Gasteiger partial charge in [-0.25, -0.2) is 4.79 Å². The predicted molar refractivity (Wildman–Crippen MR) is 114 cm³/mol. The van der Waals surface area contributed by atoms with Crippen LogP contribution in [-0.4, -0.2) is 35.3 Å². The van der Waals surface area contributed by atoms with Crippen molar-refractivity contribution in [1.29, 1.82) is 0 Å². The molecule has 31 heavy (non-hydrogen) atoms. The van der Waals surface area contributed by atoms with E-state index in [4.69, 9.17) is 33.0 Å². The first-order valence-electron chi connectivity index (χ1n) is 9.25. The lowest BCUT2D eigenvalue weighted by molar-refractivity contribution is -0.757. The van der Waals surface area contributed by atoms with Crippen LogP contribution in [0.15, 0.2) is 42.5 Å². The van der Waals surface area contributed by atoms with E-state index in [2.05, 4.69) is 10.2 Å². The lowest BCUT2D eigenvalue weighted by Gasteiger charge is -2.21. The number of hydrogen-bond donors (Lipinski definition) is 2. The van der Waals surface area contributed by atoms with Crippen molar-refractivity contribution >= 4 is 46.5 Å². The summed E-state index contributed by atoms with van der Waals surface area (Å²) in [6.45, 7) is -0.884. The van der Waals surface area contributed by atoms with E-state index in [0.29, 0.717) is 39.8 Å². The second kappa shape index (κ2) is 12.0. The number of benzene rings is 2. The summed E-state index contributed by atoms with van der Waals surface area (Å²) in [5, 5.41) is 22.1. The minimum atomic E-state index is -1.28. The smallest absolute Gasteiger partial charge is 0.341 e. The molecule has 0 aliphatic carbocycles. The lowest BCUT2D eigenvalue weighted by Crippen LogP contribution is -2.21. The Balaban J connectivity index is 2.26. The summed E-state index contributed by atoms with van der Waals surface area (Å²) in [5.41, 5.74) is 1.54. The molecular formula is C20H20Cl2N2O7. The number of halogens is 2. The number of para-hydroxylation sites is 2. The van der Waals surface area contributed by atoms with Gasteiger partial charge < -0.3 is 20.0 Å². The largest absolute Gasteiger partial charge is 0.479 e. The van der Waals surface area contributed by atoms with Gasteiger partial charge in [-0.1, -0.05) is 53.9 Å². The molecule has 2 aromatic rings. The Bertz CT molecular complexity index is 919. The molecule has 0 saturated heterocycles. The maximum absolute atomic E-state index is 12.7. The van der Waals surface area contributed by atoms with E-state index in [0.717, 1.165) is 0 Å². The van der Waals surface area contributed by atoms with Gasteiger partial charge in [0.15, 0.2) is 6.61 Å². The summed E-state index contributed by atoms with van der Waals surface area (Å²) < 4.78 is 4.91. The summed E-state index contributed by atoms with van der Waals surface area (Å²) >= 11 is 12.5. The van der Waals surface area contributed by atoms with E-state index in [-0.39, 0.29) is 13.0 Å². The number of carbonyl (C=O) groups is 2. The number of ether oxygens (including phenoxy) is 1. The Morgan fingerprint density at radius 1 is 1.10 bits per heavy atom. The van der Waals surface area contributed by atoms with Crippen molar-refractivity contribution in [2.75, 3.05) is 18.5 Å². The average molecular weight is 471 g/mol. The van der Waals surface area contributed by atoms with Crippen molar-refractivity contribution in [3.8, 4) is 0 Å². The maximum atomic E-state index is 12.7. The van der Waals surface area contributed by atoms with Gasteiger partial charge in [0, 0.05) is 5.69 Å². The molecule has 0 radical (unpaired) electrons. The minimum Gasteiger partial charge on any atom is -0.479 e. The molecule has 11 heteroatoms. The molecule has 166 valence electrons. The fourth-order valence-corrected chi connectivity index (χ4v) is 3.38. The number of rotatable bonds is 12. The monoisotopic (exact) mass is 470 g/mol. The maximum Gasteiger partial charge on any atom is 0.341 e. The van der Waals surface area contributed by atoms with Crippen LogP contribution in [0.2, 0.25) is 10.0 Å². The van der Waals surface area contributed by atoms with Gasteiger partial charge >= 0.3 is 11.9 Å². The first-order valence-corrected chi connectivity index (χ1v) is 10.0. The molecule has 0 heterocycles. The van der Waals surface area contributed by atoms with Crippen LogP contribution in [0.4, 0.5) is 11.4 Å². The highest BCUT2D eigenvalue weighted by Gasteiger charge is 2.25. The van der Waals surface area contributed by atoms with Crippen LogP contribution in [0.5, 0.6) is 0 Å². The van der Waals surface area contributed by atoms with E-state index in [9.17, 15) is 19.7 Å². The second-order valence-corrected chi connectivity index (χ2v) is 7.23. The molecular weight excluding hydrogens is 451 g/mol. The number of hydrogen-bond acceptors (Lipinski definition) is 7. The first-order chi connectivity index (χ1) is 14.8. The number of unbranched alkanes of at least 4 members (excludes halogenated alkanes) is 1. The zero-order chi connectivity index (χ0) is 22.8. The van der Waals surface area contributed by atoms with Crippen LogP contribution >= 0.6 is 23.2 Å². The molecule has 0 fully saturated rings. The standard InChI is InChI=1S/C20H20Cl2N2O7/c21-15-8-5-9-16(22)19(15)23-17-10-2-1-6-13(17)14(20(27)30-12-18(25)26)7-3-4-11-31-24(28)29/h1-2,5-6,8-10,14,23H,3-4,7,11-12H2,(H,25,26). The van der Waals surface area contributed by atoms with Gasteiger partial charge in [0.1, 0.15) is 0 Å². The Morgan fingerprint density at radius 2 is 1.77 bits per heavy atom. The minimum absolute atomic E-state index is 0.112. The third-order valence-electron chi connectivity index (χ3n) is 4.26. The van der Waals surface area contributed by atoms with E-state index >= 15 is 0 Å². The molecule has 0 bridgehead atoms. The molecule has 2 N–H and O–H groups in total. The summed E-state index contributed by atoms with van der Waals surface area (Å²) in [6.07, 6.45) is 0.992. The third-order valence-corrected chi connectivity index (χ3v) is 4.89. The topological polar surface area (TPSA) is 128 Å². The number of carbonyl (C=O) groups excluding carboxylic acids is 1. The molecule has 0 aliphatic rings. The van der Waals surface area contributed by atoms with Crippen molar-refractivity contribution in [1.82, 2.24) is 0 Å². The van der Waals surface area contributed by atoms with Crippen LogP contribution in [0.1, 0.15) is 30.7 Å². The molecule has 0 spiro atoms. The van der Waals surface area contributed by atoms with Crippen LogP contribution in [0.3, 0.4) is 0 Å². The normalized spacial score (nSPS) is 11.4. The number of esters is 1. The fourth-order valence-electron chi connectivity index (χ4n) is 2.89. The predicted octanol–water partition coefficient (Wildman–Crippen LogP) is 4.83. The summed E-state index contributed by atoms with van der Waals surface area (Å²) in [6, 6.07) is 11.9. The highest BCUT2D eigenvalue weighted by atomic mass is 35.5. The van der Waals surface area contributed by atoms with E-state index < -0.39 is 29.6 Å². The Morgan fingerprint density at radius 3 is 2.42 bits per heavy atom. The van der Waals surface area contributed by atoms with Crippen molar-refractivity contribution in [3.05, 3.63) is 68.2 Å². The van der Waals surface area contributed by atoms with Gasteiger partial charge in [-0.15, -0.1) is 10.1 Å². The van der Waals surface area contributed by atoms with E-state index in [1.54, 1.807) is 42.5 Å². The van der Waals surface area contributed by atoms with Gasteiger partial charge in [0.05, 0.1) is 28.3 Å². The van der Waals surface area contributed by atoms with E-state index in [1.807, 2.05) is 0 Å². The average Bonchev–Trinajstić information content (AvgIpc) is 2.72. The Labute approximate surface area is 188 Å². The number of anilines is 2. The molecule has 0 saturated carbocycles. The SMILES string of the molecule is O=C(O)COC(=O)C(CCCCO[N+](=O)[O-])c1ccccc1Nc1c(Cl)cccc1Cl. The van der Waals surface area contributed by atoms with Gasteiger partial charge in [0.25, 0.3) is 5.09 Å². The molecule has 0 aromatic heterocycles. The molecule has 1 atom stereocenters. The van der Waals surface area contributed by atoms with Crippen molar-refractivity contribution in [3.63, 3.8) is 0 Å². The van der Waals surface area contributed by atoms with Gasteiger partial charge in [-0.3, -0.25) is 4.79 Å². The molecule has 2 rings (SSSR count). The van der Waals surface area contributed by atoms with Gasteiger partial charge in [-0.05, 0) is 36.6 Å². The van der Waals surface area contributed by atoms with Crippen molar-refractivity contribution in [2.45, 2.75) is 25.2 Å². The first kappa shape index (κ1) is 24.2. The second-order valence-electron chi connectivity index (χ2n) is 6.42. The molecule has 2 aromatic carbocycles. The molecule has 1 unspecified atom stereocenters. The Kier molecular flexibility index (Phi) is 9.36. The van der Waals surface area contributed by atoms with Crippen LogP contribution in [0, 0.1) is 10.1 Å². The van der Waals surface area contributed by atoms with Gasteiger partial charge in [0.2, 0.25) is 0 Å². The van der Waals surface area contributed by atoms with Gasteiger partial charge in [-0.2, -0.15) is 0 Å². The molecule has 0 aliphatic heterocycles. The van der Waals surface area contributed by atoms with Crippen LogP contribution in [-0.2, 0) is 19.2 Å². The Hall–Kier alpha value is -3.04. The summed E-state index contributed by atoms with van der Waals surface area (Å²) in [4.78, 5) is 38.0. The summed E-state index contributed by atoms with van der Waals surface area (Å²) in [5.74, 6) is -2.82. The van der Waals surface area contributed by atoms with Crippen molar-refractivity contribution < 1.29 is 29.4 Å². The zero-order valence-corrected chi connectivity index (χ0v) is 17.8. The van der Waals surface area contributed by atoms with Crippen LogP contribution in [0.25, 0.3) is 0 Å². The quantitative estimate of drug-likeness (QED) is 0.195. The zero-order valence-electron chi connectivity index (χ0n) is 16.3. The number of nitrogens with zero attached hydrogens (tertiary/aromatic N) is 1. The summed E-state index contributed by atoms with van der Waals surface area (Å²) in [7, 11) is 0. The number of nitrogens with one attached hydrogen (secondary N) is 1. The lowest BCUT2D eigenvalue weighted by atomic mass is 9.92. The van der Waals surface area contributed by atoms with Crippen molar-refractivity contribution in [2.24, 2.45) is 0 Å². The third kappa shape index (κ3) is 7.62. The highest BCUT2D eigenvalue weighted by Crippen LogP contribution is 2.36.